The highest BCUT2D eigenvalue weighted by Crippen LogP contribution is 2.34. The van der Waals surface area contributed by atoms with Crippen molar-refractivity contribution in [1.29, 1.82) is 0 Å². The minimum Gasteiger partial charge on any atom is -0.373 e. The predicted octanol–water partition coefficient (Wildman–Crippen LogP) is 6.34. The van der Waals surface area contributed by atoms with Crippen LogP contribution in [0.4, 0.5) is 5.69 Å². The summed E-state index contributed by atoms with van der Waals surface area (Å²) in [6.07, 6.45) is 1.02. The average molecular weight is 378 g/mol. The van der Waals surface area contributed by atoms with E-state index in [-0.39, 0.29) is 6.04 Å². The summed E-state index contributed by atoms with van der Waals surface area (Å²) >= 11 is 7.16. The number of thiophene rings is 2. The number of anilines is 1. The highest BCUT2D eigenvalue weighted by atomic mass is 79.9. The van der Waals surface area contributed by atoms with E-state index < -0.39 is 0 Å². The number of aryl methyl sites for hydroxylation is 1. The van der Waals surface area contributed by atoms with Crippen LogP contribution in [0.5, 0.6) is 0 Å². The minimum absolute atomic E-state index is 0.233. The van der Waals surface area contributed by atoms with Crippen molar-refractivity contribution in [3.63, 3.8) is 0 Å². The molecule has 0 spiro atoms. The van der Waals surface area contributed by atoms with Gasteiger partial charge in [0.25, 0.3) is 0 Å². The smallest absolute Gasteiger partial charge is 0.0953 e. The van der Waals surface area contributed by atoms with E-state index in [0.29, 0.717) is 0 Å². The van der Waals surface area contributed by atoms with E-state index in [1.54, 1.807) is 22.7 Å². The topological polar surface area (TPSA) is 12.0 Å². The van der Waals surface area contributed by atoms with Crippen LogP contribution in [0.25, 0.3) is 0 Å². The Morgan fingerprint density at radius 3 is 2.24 bits per heavy atom. The number of benzene rings is 1. The largest absolute Gasteiger partial charge is 0.373 e. The molecule has 3 aromatic rings. The van der Waals surface area contributed by atoms with Gasteiger partial charge in [0.2, 0.25) is 0 Å². The number of rotatable bonds is 5. The fourth-order valence-corrected chi connectivity index (χ4v) is 4.41. The van der Waals surface area contributed by atoms with E-state index in [2.05, 4.69) is 81.4 Å². The van der Waals surface area contributed by atoms with Crippen LogP contribution < -0.4 is 5.32 Å². The van der Waals surface area contributed by atoms with Gasteiger partial charge in [-0.15, -0.1) is 22.7 Å². The summed E-state index contributed by atoms with van der Waals surface area (Å²) in [4.78, 5) is 2.70. The molecule has 0 unspecified atom stereocenters. The molecule has 108 valence electrons. The normalized spacial score (nSPS) is 11.0. The molecule has 21 heavy (non-hydrogen) atoms. The van der Waals surface area contributed by atoms with Crippen molar-refractivity contribution in [2.75, 3.05) is 5.32 Å². The quantitative estimate of drug-likeness (QED) is 0.547. The highest BCUT2D eigenvalue weighted by molar-refractivity contribution is 9.10. The minimum atomic E-state index is 0.233. The molecule has 0 aliphatic carbocycles. The van der Waals surface area contributed by atoms with E-state index in [1.807, 2.05) is 0 Å². The Morgan fingerprint density at radius 1 is 1.05 bits per heavy atom. The van der Waals surface area contributed by atoms with Crippen molar-refractivity contribution in [2.24, 2.45) is 0 Å². The van der Waals surface area contributed by atoms with Gasteiger partial charge < -0.3 is 5.32 Å². The zero-order valence-electron chi connectivity index (χ0n) is 11.7. The van der Waals surface area contributed by atoms with Crippen LogP contribution in [0.2, 0.25) is 0 Å². The fourth-order valence-electron chi connectivity index (χ4n) is 2.34. The fraction of sp³-hybridized carbons (Fsp3) is 0.176. The van der Waals surface area contributed by atoms with Crippen LogP contribution in [0.15, 0.2) is 57.7 Å². The van der Waals surface area contributed by atoms with Gasteiger partial charge in [-0.1, -0.05) is 35.0 Å². The van der Waals surface area contributed by atoms with Crippen molar-refractivity contribution >= 4 is 44.3 Å². The number of hydrogen-bond acceptors (Lipinski definition) is 3. The summed E-state index contributed by atoms with van der Waals surface area (Å²) in [5.74, 6) is 0. The lowest BCUT2D eigenvalue weighted by atomic mass is 10.1. The van der Waals surface area contributed by atoms with Gasteiger partial charge in [0.15, 0.2) is 0 Å². The van der Waals surface area contributed by atoms with Gasteiger partial charge >= 0.3 is 0 Å². The lowest BCUT2D eigenvalue weighted by Gasteiger charge is -2.20. The first-order chi connectivity index (χ1) is 10.3. The predicted molar refractivity (Wildman–Crippen MR) is 97.6 cm³/mol. The second-order valence-electron chi connectivity index (χ2n) is 4.76. The molecule has 0 fully saturated rings. The number of halogens is 1. The lowest BCUT2D eigenvalue weighted by Crippen LogP contribution is -2.11. The van der Waals surface area contributed by atoms with Gasteiger partial charge in [-0.25, -0.2) is 0 Å². The molecule has 1 N–H and O–H groups in total. The van der Waals surface area contributed by atoms with E-state index in [9.17, 15) is 0 Å². The molecule has 0 saturated carbocycles. The Kier molecular flexibility index (Phi) is 4.78. The molecule has 2 aromatic heterocycles. The van der Waals surface area contributed by atoms with Gasteiger partial charge in [0, 0.05) is 19.9 Å². The third-order valence-corrected chi connectivity index (χ3v) is 5.77. The van der Waals surface area contributed by atoms with Gasteiger partial charge in [0.1, 0.15) is 0 Å². The summed E-state index contributed by atoms with van der Waals surface area (Å²) < 4.78 is 1.13. The zero-order chi connectivity index (χ0) is 14.7. The maximum atomic E-state index is 3.73. The van der Waals surface area contributed by atoms with E-state index in [0.717, 1.165) is 10.9 Å². The van der Waals surface area contributed by atoms with Gasteiger partial charge in [-0.2, -0.15) is 0 Å². The van der Waals surface area contributed by atoms with Crippen molar-refractivity contribution in [2.45, 2.75) is 19.4 Å². The van der Waals surface area contributed by atoms with E-state index in [4.69, 9.17) is 0 Å². The van der Waals surface area contributed by atoms with Crippen LogP contribution in [0.1, 0.15) is 28.3 Å². The molecule has 1 aromatic carbocycles. The molecular formula is C17H16BrNS2. The average Bonchev–Trinajstić information content (AvgIpc) is 3.19. The Balaban J connectivity index is 1.96. The molecule has 0 amide bonds. The highest BCUT2D eigenvalue weighted by Gasteiger charge is 2.17. The number of hydrogen-bond donors (Lipinski definition) is 1. The Morgan fingerprint density at radius 2 is 1.71 bits per heavy atom. The second kappa shape index (κ2) is 6.77. The maximum absolute atomic E-state index is 3.73. The van der Waals surface area contributed by atoms with E-state index in [1.165, 1.54) is 21.0 Å². The van der Waals surface area contributed by atoms with Crippen LogP contribution in [0, 0.1) is 0 Å². The molecule has 0 atom stereocenters. The molecule has 0 radical (unpaired) electrons. The molecule has 1 nitrogen and oxygen atoms in total. The van der Waals surface area contributed by atoms with Crippen molar-refractivity contribution < 1.29 is 0 Å². The molecule has 3 rings (SSSR count). The van der Waals surface area contributed by atoms with Gasteiger partial charge in [0.05, 0.1) is 6.04 Å². The third-order valence-electron chi connectivity index (χ3n) is 3.40. The van der Waals surface area contributed by atoms with Crippen molar-refractivity contribution in [1.82, 2.24) is 0 Å². The third kappa shape index (κ3) is 3.39. The maximum Gasteiger partial charge on any atom is 0.0953 e. The summed E-state index contributed by atoms with van der Waals surface area (Å²) in [5, 5.41) is 8.01. The molecule has 0 saturated heterocycles. The van der Waals surface area contributed by atoms with Crippen LogP contribution in [-0.2, 0) is 6.42 Å². The number of nitrogens with one attached hydrogen (secondary N) is 1. The summed E-state index contributed by atoms with van der Waals surface area (Å²) in [5.41, 5.74) is 2.55. The molecule has 0 aliphatic rings. The van der Waals surface area contributed by atoms with Crippen molar-refractivity contribution in [3.8, 4) is 0 Å². The van der Waals surface area contributed by atoms with Crippen molar-refractivity contribution in [3.05, 3.63) is 73.0 Å². The summed E-state index contributed by atoms with van der Waals surface area (Å²) in [6, 6.07) is 15.3. The molecule has 0 bridgehead atoms. The first-order valence-electron chi connectivity index (χ1n) is 6.89. The van der Waals surface area contributed by atoms with Gasteiger partial charge in [-0.3, -0.25) is 0 Å². The van der Waals surface area contributed by atoms with Crippen LogP contribution in [0.3, 0.4) is 0 Å². The second-order valence-corrected chi connectivity index (χ2v) is 7.64. The Labute approximate surface area is 141 Å². The monoisotopic (exact) mass is 377 g/mol. The molecular weight excluding hydrogens is 362 g/mol. The first kappa shape index (κ1) is 14.8. The summed E-state index contributed by atoms with van der Waals surface area (Å²) in [7, 11) is 0. The first-order valence-corrected chi connectivity index (χ1v) is 9.45. The molecule has 0 aliphatic heterocycles. The van der Waals surface area contributed by atoms with Gasteiger partial charge in [-0.05, 0) is 53.1 Å². The Bertz CT molecular complexity index is 655. The van der Waals surface area contributed by atoms with E-state index >= 15 is 0 Å². The van der Waals surface area contributed by atoms with Crippen LogP contribution >= 0.6 is 38.6 Å². The lowest BCUT2D eigenvalue weighted by molar-refractivity contribution is 0.979. The molecule has 4 heteroatoms. The summed E-state index contributed by atoms with van der Waals surface area (Å²) in [6.45, 7) is 2.19. The SMILES string of the molecule is CCc1cc(Br)ccc1NC(c1cccs1)c1cccs1. The zero-order valence-corrected chi connectivity index (χ0v) is 14.9. The molecule has 2 heterocycles. The van der Waals surface area contributed by atoms with Crippen LogP contribution in [-0.4, -0.2) is 0 Å². The Hall–Kier alpha value is -1.10. The standard InChI is InChI=1S/C17H16BrNS2/c1-2-12-11-13(18)7-8-14(12)19-17(15-5-3-9-20-15)16-6-4-10-21-16/h3-11,17,19H,2H2,1H3.